The first kappa shape index (κ1) is 14.6. The van der Waals surface area contributed by atoms with E-state index in [4.69, 9.17) is 16.3 Å². The fourth-order valence-electron chi connectivity index (χ4n) is 3.82. The van der Waals surface area contributed by atoms with Crippen LogP contribution in [0.25, 0.3) is 0 Å². The van der Waals surface area contributed by atoms with Crippen molar-refractivity contribution in [3.05, 3.63) is 33.9 Å². The second-order valence-electron chi connectivity index (χ2n) is 6.28. The number of alkyl halides is 1. The van der Waals surface area contributed by atoms with Gasteiger partial charge in [-0.1, -0.05) is 31.4 Å². The molecular formula is C16H20ClNO3. The third kappa shape index (κ3) is 2.39. The van der Waals surface area contributed by atoms with Crippen LogP contribution in [0, 0.1) is 22.5 Å². The molecule has 1 aromatic rings. The second kappa shape index (κ2) is 5.48. The van der Waals surface area contributed by atoms with Gasteiger partial charge in [-0.25, -0.2) is 0 Å². The summed E-state index contributed by atoms with van der Waals surface area (Å²) in [6.45, 7) is 1.74. The number of rotatable bonds is 3. The van der Waals surface area contributed by atoms with E-state index < -0.39 is 0 Å². The summed E-state index contributed by atoms with van der Waals surface area (Å²) in [5.41, 5.74) is 0.746. The Morgan fingerprint density at radius 2 is 2.05 bits per heavy atom. The molecule has 2 aliphatic rings. The van der Waals surface area contributed by atoms with Crippen molar-refractivity contribution in [2.24, 2.45) is 5.41 Å². The highest BCUT2D eigenvalue weighted by molar-refractivity contribution is 6.21. The van der Waals surface area contributed by atoms with Gasteiger partial charge in [0.25, 0.3) is 0 Å². The van der Waals surface area contributed by atoms with Gasteiger partial charge in [-0.3, -0.25) is 10.1 Å². The van der Waals surface area contributed by atoms with Gasteiger partial charge in [0.05, 0.1) is 4.92 Å². The number of ether oxygens (including phenoxy) is 1. The number of nitro groups is 1. The Bertz CT molecular complexity index is 554. The van der Waals surface area contributed by atoms with Gasteiger partial charge in [0.15, 0.2) is 5.75 Å². The van der Waals surface area contributed by atoms with Gasteiger partial charge < -0.3 is 4.74 Å². The average molecular weight is 310 g/mol. The van der Waals surface area contributed by atoms with E-state index in [1.165, 1.54) is 19.3 Å². The second-order valence-corrected chi connectivity index (χ2v) is 6.81. The minimum absolute atomic E-state index is 0.0146. The Labute approximate surface area is 129 Å². The van der Waals surface area contributed by atoms with Crippen LogP contribution in [0.2, 0.25) is 0 Å². The zero-order valence-electron chi connectivity index (χ0n) is 12.2. The van der Waals surface area contributed by atoms with Crippen molar-refractivity contribution in [1.82, 2.24) is 0 Å². The number of para-hydroxylation sites is 1. The third-order valence-corrected chi connectivity index (χ3v) is 5.74. The van der Waals surface area contributed by atoms with E-state index in [9.17, 15) is 10.1 Å². The summed E-state index contributed by atoms with van der Waals surface area (Å²) < 4.78 is 6.06. The maximum absolute atomic E-state index is 11.3. The summed E-state index contributed by atoms with van der Waals surface area (Å²) in [7, 11) is 0. The number of hydrogen-bond acceptors (Lipinski definition) is 3. The Kier molecular flexibility index (Phi) is 3.82. The lowest BCUT2D eigenvalue weighted by Gasteiger charge is -2.54. The van der Waals surface area contributed by atoms with Crippen molar-refractivity contribution in [1.29, 1.82) is 0 Å². The first-order chi connectivity index (χ1) is 10.0. The molecule has 0 amide bonds. The lowest BCUT2D eigenvalue weighted by molar-refractivity contribution is -0.386. The molecule has 5 heteroatoms. The SMILES string of the molecule is Cc1cccc(OC2CC(Cl)C23CCCCC3)c1[N+](=O)[O-]. The highest BCUT2D eigenvalue weighted by atomic mass is 35.5. The van der Waals surface area contributed by atoms with Crippen LogP contribution in [0.1, 0.15) is 44.1 Å². The lowest BCUT2D eigenvalue weighted by atomic mass is 9.58. The summed E-state index contributed by atoms with van der Waals surface area (Å²) >= 11 is 6.47. The van der Waals surface area contributed by atoms with Crippen LogP contribution in [-0.2, 0) is 0 Å². The van der Waals surface area contributed by atoms with Crippen molar-refractivity contribution in [3.8, 4) is 5.75 Å². The van der Waals surface area contributed by atoms with Gasteiger partial charge in [0.1, 0.15) is 6.10 Å². The Balaban J connectivity index is 1.84. The highest BCUT2D eigenvalue weighted by Crippen LogP contribution is 2.56. The smallest absolute Gasteiger partial charge is 0.313 e. The third-order valence-electron chi connectivity index (χ3n) is 5.12. The Morgan fingerprint density at radius 3 is 2.67 bits per heavy atom. The zero-order valence-corrected chi connectivity index (χ0v) is 12.9. The van der Waals surface area contributed by atoms with Crippen molar-refractivity contribution in [2.75, 3.05) is 0 Å². The number of nitrogens with zero attached hydrogens (tertiary/aromatic N) is 1. The predicted octanol–water partition coefficient (Wildman–Crippen LogP) is 4.61. The van der Waals surface area contributed by atoms with Crippen LogP contribution >= 0.6 is 11.6 Å². The summed E-state index contributed by atoms with van der Waals surface area (Å²) in [5, 5.41) is 11.4. The fraction of sp³-hybridized carbons (Fsp3) is 0.625. The van der Waals surface area contributed by atoms with E-state index in [0.717, 1.165) is 19.3 Å². The van der Waals surface area contributed by atoms with Gasteiger partial charge in [-0.15, -0.1) is 11.6 Å². The number of aryl methyl sites for hydroxylation is 1. The van der Waals surface area contributed by atoms with Gasteiger partial charge >= 0.3 is 5.69 Å². The van der Waals surface area contributed by atoms with Crippen molar-refractivity contribution < 1.29 is 9.66 Å². The molecule has 2 aliphatic carbocycles. The molecule has 1 aromatic carbocycles. The van der Waals surface area contributed by atoms with E-state index in [1.54, 1.807) is 19.1 Å². The van der Waals surface area contributed by atoms with Gasteiger partial charge in [0, 0.05) is 22.8 Å². The maximum Gasteiger partial charge on any atom is 0.313 e. The number of halogens is 1. The summed E-state index contributed by atoms with van der Waals surface area (Å²) in [5.74, 6) is 0.388. The largest absolute Gasteiger partial charge is 0.483 e. The average Bonchev–Trinajstić information content (AvgIpc) is 2.47. The van der Waals surface area contributed by atoms with Crippen LogP contribution in [0.5, 0.6) is 5.75 Å². The predicted molar refractivity (Wildman–Crippen MR) is 82.0 cm³/mol. The highest BCUT2D eigenvalue weighted by Gasteiger charge is 2.56. The monoisotopic (exact) mass is 309 g/mol. The molecule has 2 atom stereocenters. The quantitative estimate of drug-likeness (QED) is 0.465. The summed E-state index contributed by atoms with van der Waals surface area (Å²) in [6, 6.07) is 5.25. The van der Waals surface area contributed by atoms with E-state index in [-0.39, 0.29) is 27.5 Å². The normalized spacial score (nSPS) is 27.1. The van der Waals surface area contributed by atoms with E-state index in [1.807, 2.05) is 6.07 Å². The van der Waals surface area contributed by atoms with E-state index in [0.29, 0.717) is 11.3 Å². The molecule has 0 aliphatic heterocycles. The molecule has 0 N–H and O–H groups in total. The van der Waals surface area contributed by atoms with Crippen LogP contribution in [0.3, 0.4) is 0 Å². The topological polar surface area (TPSA) is 52.4 Å². The number of hydrogen-bond donors (Lipinski definition) is 0. The van der Waals surface area contributed by atoms with Crippen molar-refractivity contribution in [3.63, 3.8) is 0 Å². The number of benzene rings is 1. The molecule has 2 unspecified atom stereocenters. The minimum Gasteiger partial charge on any atom is -0.483 e. The molecule has 2 saturated carbocycles. The van der Waals surface area contributed by atoms with Gasteiger partial charge in [0.2, 0.25) is 0 Å². The molecule has 0 saturated heterocycles. The molecule has 2 fully saturated rings. The minimum atomic E-state index is -0.352. The van der Waals surface area contributed by atoms with Crippen LogP contribution in [0.4, 0.5) is 5.69 Å². The molecule has 0 aromatic heterocycles. The first-order valence-corrected chi connectivity index (χ1v) is 8.03. The fourth-order valence-corrected chi connectivity index (χ4v) is 4.34. The van der Waals surface area contributed by atoms with Crippen LogP contribution in [0.15, 0.2) is 18.2 Å². The standard InChI is InChI=1S/C16H20ClNO3/c1-11-6-5-7-12(15(11)18(19)20)21-14-10-13(17)16(14)8-3-2-4-9-16/h5-7,13-14H,2-4,8-10H2,1H3. The zero-order chi connectivity index (χ0) is 15.0. The summed E-state index contributed by atoms with van der Waals surface area (Å²) in [6.07, 6.45) is 6.56. The first-order valence-electron chi connectivity index (χ1n) is 7.59. The molecule has 0 bridgehead atoms. The van der Waals surface area contributed by atoms with Crippen LogP contribution < -0.4 is 4.74 Å². The molecule has 0 heterocycles. The van der Waals surface area contributed by atoms with Gasteiger partial charge in [-0.05, 0) is 25.8 Å². The van der Waals surface area contributed by atoms with Crippen LogP contribution in [-0.4, -0.2) is 16.4 Å². The molecule has 1 spiro atoms. The van der Waals surface area contributed by atoms with E-state index in [2.05, 4.69) is 0 Å². The molecule has 3 rings (SSSR count). The maximum atomic E-state index is 11.3. The Hall–Kier alpha value is -1.29. The lowest BCUT2D eigenvalue weighted by Crippen LogP contribution is -2.58. The van der Waals surface area contributed by atoms with Gasteiger partial charge in [-0.2, -0.15) is 0 Å². The Morgan fingerprint density at radius 1 is 1.33 bits per heavy atom. The molecule has 114 valence electrons. The molecule has 0 radical (unpaired) electrons. The van der Waals surface area contributed by atoms with Crippen molar-refractivity contribution >= 4 is 17.3 Å². The number of nitro benzene ring substituents is 1. The summed E-state index contributed by atoms with van der Waals surface area (Å²) in [4.78, 5) is 10.9. The molecular weight excluding hydrogens is 290 g/mol. The van der Waals surface area contributed by atoms with Crippen molar-refractivity contribution in [2.45, 2.75) is 56.9 Å². The van der Waals surface area contributed by atoms with E-state index >= 15 is 0 Å². The molecule has 21 heavy (non-hydrogen) atoms. The molecule has 4 nitrogen and oxygen atoms in total.